The fourth-order valence-corrected chi connectivity index (χ4v) is 3.00. The number of anilines is 1. The van der Waals surface area contributed by atoms with Crippen molar-refractivity contribution < 1.29 is 9.59 Å². The van der Waals surface area contributed by atoms with Gasteiger partial charge in [-0.15, -0.1) is 0 Å². The maximum atomic E-state index is 11.9. The fourth-order valence-electron chi connectivity index (χ4n) is 3.00. The van der Waals surface area contributed by atoms with Crippen LogP contribution in [0.25, 0.3) is 0 Å². The second kappa shape index (κ2) is 7.97. The molecule has 0 heterocycles. The molecular formula is C18H26N2O2. The maximum absolute atomic E-state index is 11.9. The van der Waals surface area contributed by atoms with E-state index in [-0.39, 0.29) is 0 Å². The highest BCUT2D eigenvalue weighted by Crippen LogP contribution is 2.25. The minimum Gasteiger partial charge on any atom is -0.348 e. The Bertz CT molecular complexity index is 534. The molecule has 0 aliphatic heterocycles. The molecule has 0 aromatic heterocycles. The molecule has 0 radical (unpaired) electrons. The summed E-state index contributed by atoms with van der Waals surface area (Å²) >= 11 is 0. The molecule has 0 spiro atoms. The van der Waals surface area contributed by atoms with Gasteiger partial charge in [0.25, 0.3) is 0 Å². The van der Waals surface area contributed by atoms with E-state index in [1.54, 1.807) is 0 Å². The second-order valence-corrected chi connectivity index (χ2v) is 6.32. The lowest BCUT2D eigenvalue weighted by Gasteiger charge is -2.21. The number of hydrogen-bond donors (Lipinski definition) is 2. The molecule has 2 amide bonds. The van der Waals surface area contributed by atoms with Crippen LogP contribution in [0.4, 0.5) is 5.69 Å². The van der Waals surface area contributed by atoms with Gasteiger partial charge in [0.05, 0.1) is 0 Å². The molecule has 0 bridgehead atoms. The van der Waals surface area contributed by atoms with Gasteiger partial charge in [0.1, 0.15) is 0 Å². The minimum atomic E-state index is -0.586. The zero-order chi connectivity index (χ0) is 15.9. The molecule has 1 fully saturated rings. The zero-order valence-corrected chi connectivity index (χ0v) is 13.6. The van der Waals surface area contributed by atoms with Crippen LogP contribution >= 0.6 is 0 Å². The van der Waals surface area contributed by atoms with Crippen molar-refractivity contribution in [1.29, 1.82) is 0 Å². The quantitative estimate of drug-likeness (QED) is 0.838. The molecule has 1 aliphatic carbocycles. The first-order valence-corrected chi connectivity index (χ1v) is 8.22. The Morgan fingerprint density at radius 2 is 1.82 bits per heavy atom. The van der Waals surface area contributed by atoms with Gasteiger partial charge >= 0.3 is 11.8 Å². The molecule has 0 atom stereocenters. The Labute approximate surface area is 132 Å². The maximum Gasteiger partial charge on any atom is 0.313 e. The number of amides is 2. The molecular weight excluding hydrogens is 276 g/mol. The van der Waals surface area contributed by atoms with Crippen molar-refractivity contribution >= 4 is 17.5 Å². The molecule has 1 saturated carbocycles. The van der Waals surface area contributed by atoms with Gasteiger partial charge in [0.15, 0.2) is 0 Å². The summed E-state index contributed by atoms with van der Waals surface area (Å²) < 4.78 is 0. The van der Waals surface area contributed by atoms with Gasteiger partial charge in [-0.2, -0.15) is 0 Å². The molecule has 4 nitrogen and oxygen atoms in total. The van der Waals surface area contributed by atoms with Crippen LogP contribution in [0.3, 0.4) is 0 Å². The molecule has 2 N–H and O–H groups in total. The molecule has 1 aromatic rings. The SMILES string of the molecule is Cc1ccc(C)c(NC(=O)C(=O)NCCC2CCCCC2)c1. The van der Waals surface area contributed by atoms with Crippen molar-refractivity contribution in [3.8, 4) is 0 Å². The van der Waals surface area contributed by atoms with Crippen molar-refractivity contribution in [1.82, 2.24) is 5.32 Å². The van der Waals surface area contributed by atoms with Crippen LogP contribution in [-0.4, -0.2) is 18.4 Å². The summed E-state index contributed by atoms with van der Waals surface area (Å²) in [5, 5.41) is 5.42. The number of hydrogen-bond acceptors (Lipinski definition) is 2. The third-order valence-electron chi connectivity index (χ3n) is 4.41. The number of aryl methyl sites for hydroxylation is 2. The summed E-state index contributed by atoms with van der Waals surface area (Å²) in [7, 11) is 0. The largest absolute Gasteiger partial charge is 0.348 e. The summed E-state index contributed by atoms with van der Waals surface area (Å²) in [6, 6.07) is 5.80. The summed E-state index contributed by atoms with van der Waals surface area (Å²) in [5.74, 6) is -0.426. The first kappa shape index (κ1) is 16.5. The van der Waals surface area contributed by atoms with E-state index >= 15 is 0 Å². The fraction of sp³-hybridized carbons (Fsp3) is 0.556. The van der Waals surface area contributed by atoms with E-state index in [2.05, 4.69) is 10.6 Å². The monoisotopic (exact) mass is 302 g/mol. The smallest absolute Gasteiger partial charge is 0.313 e. The Balaban J connectivity index is 1.76. The van der Waals surface area contributed by atoms with Crippen LogP contribution < -0.4 is 10.6 Å². The lowest BCUT2D eigenvalue weighted by Crippen LogP contribution is -2.36. The summed E-state index contributed by atoms with van der Waals surface area (Å²) in [6.07, 6.45) is 7.41. The Kier molecular flexibility index (Phi) is 5.99. The third kappa shape index (κ3) is 4.86. The average Bonchev–Trinajstić information content (AvgIpc) is 2.52. The van der Waals surface area contributed by atoms with Crippen molar-refractivity contribution in [2.45, 2.75) is 52.4 Å². The van der Waals surface area contributed by atoms with E-state index in [1.165, 1.54) is 32.1 Å². The molecule has 1 aliphatic rings. The molecule has 2 rings (SSSR count). The van der Waals surface area contributed by atoms with Crippen LogP contribution in [0.5, 0.6) is 0 Å². The number of carbonyl (C=O) groups is 2. The van der Waals surface area contributed by atoms with Crippen LogP contribution in [-0.2, 0) is 9.59 Å². The van der Waals surface area contributed by atoms with Gasteiger partial charge < -0.3 is 10.6 Å². The number of nitrogens with one attached hydrogen (secondary N) is 2. The number of rotatable bonds is 4. The van der Waals surface area contributed by atoms with E-state index in [9.17, 15) is 9.59 Å². The van der Waals surface area contributed by atoms with E-state index in [1.807, 2.05) is 32.0 Å². The lowest BCUT2D eigenvalue weighted by molar-refractivity contribution is -0.136. The zero-order valence-electron chi connectivity index (χ0n) is 13.6. The van der Waals surface area contributed by atoms with Gasteiger partial charge in [-0.05, 0) is 43.4 Å². The van der Waals surface area contributed by atoms with E-state index in [0.29, 0.717) is 18.2 Å². The van der Waals surface area contributed by atoms with Gasteiger partial charge in [0, 0.05) is 12.2 Å². The van der Waals surface area contributed by atoms with E-state index in [0.717, 1.165) is 17.5 Å². The van der Waals surface area contributed by atoms with Crippen molar-refractivity contribution in [2.75, 3.05) is 11.9 Å². The third-order valence-corrected chi connectivity index (χ3v) is 4.41. The summed E-state index contributed by atoms with van der Waals surface area (Å²) in [4.78, 5) is 23.8. The summed E-state index contributed by atoms with van der Waals surface area (Å²) in [5.41, 5.74) is 2.71. The Morgan fingerprint density at radius 3 is 2.55 bits per heavy atom. The molecule has 4 heteroatoms. The first-order chi connectivity index (χ1) is 10.6. The molecule has 1 aromatic carbocycles. The lowest BCUT2D eigenvalue weighted by atomic mass is 9.87. The molecule has 22 heavy (non-hydrogen) atoms. The number of benzene rings is 1. The highest BCUT2D eigenvalue weighted by molar-refractivity contribution is 6.39. The van der Waals surface area contributed by atoms with Crippen LogP contribution in [0.1, 0.15) is 49.7 Å². The van der Waals surface area contributed by atoms with E-state index < -0.39 is 11.8 Å². The second-order valence-electron chi connectivity index (χ2n) is 6.32. The van der Waals surface area contributed by atoms with Gasteiger partial charge in [0.2, 0.25) is 0 Å². The van der Waals surface area contributed by atoms with Crippen LogP contribution in [0, 0.1) is 19.8 Å². The Hall–Kier alpha value is -1.84. The van der Waals surface area contributed by atoms with E-state index in [4.69, 9.17) is 0 Å². The molecule has 0 saturated heterocycles. The van der Waals surface area contributed by atoms with Gasteiger partial charge in [-0.3, -0.25) is 9.59 Å². The van der Waals surface area contributed by atoms with Gasteiger partial charge in [-0.25, -0.2) is 0 Å². The van der Waals surface area contributed by atoms with Crippen LogP contribution in [0.2, 0.25) is 0 Å². The standard InChI is InChI=1S/C18H26N2O2/c1-13-8-9-14(2)16(12-13)20-18(22)17(21)19-11-10-15-6-4-3-5-7-15/h8-9,12,15H,3-7,10-11H2,1-2H3,(H,19,21)(H,20,22). The molecule has 0 unspecified atom stereocenters. The summed E-state index contributed by atoms with van der Waals surface area (Å²) in [6.45, 7) is 4.46. The van der Waals surface area contributed by atoms with Crippen molar-refractivity contribution in [3.63, 3.8) is 0 Å². The predicted octanol–water partition coefficient (Wildman–Crippen LogP) is 3.33. The van der Waals surface area contributed by atoms with Gasteiger partial charge in [-0.1, -0.05) is 44.2 Å². The minimum absolute atomic E-state index is 0.545. The topological polar surface area (TPSA) is 58.2 Å². The number of carbonyl (C=O) groups excluding carboxylic acids is 2. The molecule has 120 valence electrons. The normalized spacial score (nSPS) is 15.4. The first-order valence-electron chi connectivity index (χ1n) is 8.22. The van der Waals surface area contributed by atoms with Crippen molar-refractivity contribution in [2.24, 2.45) is 5.92 Å². The average molecular weight is 302 g/mol. The predicted molar refractivity (Wildman–Crippen MR) is 88.7 cm³/mol. The highest BCUT2D eigenvalue weighted by Gasteiger charge is 2.16. The highest BCUT2D eigenvalue weighted by atomic mass is 16.2. The van der Waals surface area contributed by atoms with Crippen LogP contribution in [0.15, 0.2) is 18.2 Å². The van der Waals surface area contributed by atoms with Crippen molar-refractivity contribution in [3.05, 3.63) is 29.3 Å². The Morgan fingerprint density at radius 1 is 1.09 bits per heavy atom.